The largest absolute Gasteiger partial charge is 0.382 e. The molecule has 9 heteroatoms. The average Bonchev–Trinajstić information content (AvgIpc) is 2.95. The van der Waals surface area contributed by atoms with Crippen LogP contribution in [0.3, 0.4) is 0 Å². The molecule has 0 amide bonds. The van der Waals surface area contributed by atoms with Gasteiger partial charge in [0.1, 0.15) is 9.90 Å². The maximum Gasteiger partial charge on any atom is 0.185 e. The first kappa shape index (κ1) is 13.8. The molecule has 0 aromatic carbocycles. The van der Waals surface area contributed by atoms with Crippen molar-refractivity contribution in [3.05, 3.63) is 18.0 Å². The molecule has 0 aliphatic rings. The maximum absolute atomic E-state index is 12.1. The summed E-state index contributed by atoms with van der Waals surface area (Å²) in [5.41, 5.74) is 6.52. The number of nitrogens with zero attached hydrogens (tertiary/aromatic N) is 2. The van der Waals surface area contributed by atoms with Gasteiger partial charge >= 0.3 is 0 Å². The number of hydrogen-bond acceptors (Lipinski definition) is 7. The molecule has 2 aromatic heterocycles. The molecule has 19 heavy (non-hydrogen) atoms. The van der Waals surface area contributed by atoms with Gasteiger partial charge in [0.15, 0.2) is 15.7 Å². The van der Waals surface area contributed by atoms with Gasteiger partial charge in [-0.1, -0.05) is 6.92 Å². The molecule has 2 rings (SSSR count). The van der Waals surface area contributed by atoms with E-state index < -0.39 is 9.84 Å². The zero-order valence-corrected chi connectivity index (χ0v) is 12.0. The number of sulfone groups is 1. The topological polar surface area (TPSA) is 114 Å². The Morgan fingerprint density at radius 3 is 2.95 bits per heavy atom. The number of anilines is 2. The van der Waals surface area contributed by atoms with Crippen molar-refractivity contribution in [2.75, 3.05) is 16.8 Å². The molecule has 104 valence electrons. The van der Waals surface area contributed by atoms with E-state index in [1.807, 2.05) is 6.92 Å². The summed E-state index contributed by atoms with van der Waals surface area (Å²) in [6.45, 7) is 2.25. The van der Waals surface area contributed by atoms with Crippen molar-refractivity contribution < 1.29 is 8.42 Å². The highest BCUT2D eigenvalue weighted by atomic mass is 32.2. The Labute approximate surface area is 115 Å². The van der Waals surface area contributed by atoms with Gasteiger partial charge in [0, 0.05) is 6.20 Å². The van der Waals surface area contributed by atoms with E-state index in [1.54, 1.807) is 12.3 Å². The minimum Gasteiger partial charge on any atom is -0.382 e. The van der Waals surface area contributed by atoms with Gasteiger partial charge in [-0.25, -0.2) is 8.42 Å². The van der Waals surface area contributed by atoms with Crippen molar-refractivity contribution in [3.8, 4) is 0 Å². The standard InChI is InChI=1S/C10H15N5O2S2/c1-2-5-19(16,17)8-9(11)15-18-10(8)12-6-7-3-4-13-14-7/h3-4,12H,2,5-6H2,1H3,(H2,11,15)(H,13,14). The Morgan fingerprint density at radius 1 is 1.53 bits per heavy atom. The van der Waals surface area contributed by atoms with Crippen molar-refractivity contribution in [3.63, 3.8) is 0 Å². The highest BCUT2D eigenvalue weighted by Crippen LogP contribution is 2.32. The zero-order valence-electron chi connectivity index (χ0n) is 10.4. The lowest BCUT2D eigenvalue weighted by Crippen LogP contribution is -2.10. The second-order valence-corrected chi connectivity index (χ2v) is 6.80. The van der Waals surface area contributed by atoms with Crippen LogP contribution in [0.15, 0.2) is 17.2 Å². The Kier molecular flexibility index (Phi) is 4.05. The molecule has 0 aliphatic carbocycles. The van der Waals surface area contributed by atoms with Gasteiger partial charge in [-0.3, -0.25) is 5.10 Å². The number of nitrogen functional groups attached to an aromatic ring is 1. The summed E-state index contributed by atoms with van der Waals surface area (Å²) < 4.78 is 28.2. The predicted octanol–water partition coefficient (Wildman–Crippen LogP) is 1.24. The van der Waals surface area contributed by atoms with Crippen molar-refractivity contribution in [2.45, 2.75) is 24.8 Å². The van der Waals surface area contributed by atoms with Crippen LogP contribution in [0.4, 0.5) is 10.8 Å². The molecule has 7 nitrogen and oxygen atoms in total. The molecule has 2 heterocycles. The second-order valence-electron chi connectivity index (χ2n) is 3.98. The SMILES string of the molecule is CCCS(=O)(=O)c1c(N)nsc1NCc1ccn[nH]1. The summed E-state index contributed by atoms with van der Waals surface area (Å²) in [5.74, 6) is 0.125. The van der Waals surface area contributed by atoms with Crippen LogP contribution in [0.1, 0.15) is 19.0 Å². The van der Waals surface area contributed by atoms with E-state index in [1.165, 1.54) is 0 Å². The van der Waals surface area contributed by atoms with E-state index in [0.29, 0.717) is 18.0 Å². The summed E-state index contributed by atoms with van der Waals surface area (Å²) in [5, 5.41) is 10.1. The molecule has 2 aromatic rings. The number of nitrogens with two attached hydrogens (primary N) is 1. The Morgan fingerprint density at radius 2 is 2.32 bits per heavy atom. The lowest BCUT2D eigenvalue weighted by Gasteiger charge is -2.06. The van der Waals surface area contributed by atoms with Crippen LogP contribution >= 0.6 is 11.5 Å². The number of aromatic nitrogens is 3. The van der Waals surface area contributed by atoms with Gasteiger partial charge in [-0.15, -0.1) is 0 Å². The normalized spacial score (nSPS) is 11.6. The molecule has 0 aliphatic heterocycles. The lowest BCUT2D eigenvalue weighted by atomic mass is 10.4. The van der Waals surface area contributed by atoms with E-state index in [-0.39, 0.29) is 16.5 Å². The predicted molar refractivity (Wildman–Crippen MR) is 74.8 cm³/mol. The van der Waals surface area contributed by atoms with Crippen molar-refractivity contribution >= 4 is 32.2 Å². The van der Waals surface area contributed by atoms with Crippen LogP contribution in [0.2, 0.25) is 0 Å². The minimum absolute atomic E-state index is 0.0607. The van der Waals surface area contributed by atoms with Crippen molar-refractivity contribution in [2.24, 2.45) is 0 Å². The third-order valence-corrected chi connectivity index (χ3v) is 5.39. The van der Waals surface area contributed by atoms with Crippen LogP contribution in [0.25, 0.3) is 0 Å². The average molecular weight is 301 g/mol. The summed E-state index contributed by atoms with van der Waals surface area (Å²) in [4.78, 5) is 0.110. The Bertz CT molecular complexity index is 633. The fourth-order valence-corrected chi connectivity index (χ4v) is 4.25. The highest BCUT2D eigenvalue weighted by Gasteiger charge is 2.24. The van der Waals surface area contributed by atoms with Gasteiger partial charge in [0.2, 0.25) is 0 Å². The van der Waals surface area contributed by atoms with E-state index in [0.717, 1.165) is 17.2 Å². The monoisotopic (exact) mass is 301 g/mol. The lowest BCUT2D eigenvalue weighted by molar-refractivity contribution is 0.595. The van der Waals surface area contributed by atoms with Gasteiger partial charge in [0.25, 0.3) is 0 Å². The van der Waals surface area contributed by atoms with Crippen LogP contribution in [0.5, 0.6) is 0 Å². The summed E-state index contributed by atoms with van der Waals surface area (Å²) in [6.07, 6.45) is 2.17. The molecule has 0 bridgehead atoms. The first-order chi connectivity index (χ1) is 9.04. The molecule has 0 spiro atoms. The van der Waals surface area contributed by atoms with E-state index >= 15 is 0 Å². The highest BCUT2D eigenvalue weighted by molar-refractivity contribution is 7.91. The number of nitrogens with one attached hydrogen (secondary N) is 2. The van der Waals surface area contributed by atoms with Gasteiger partial charge < -0.3 is 11.1 Å². The quantitative estimate of drug-likeness (QED) is 0.739. The third kappa shape index (κ3) is 3.04. The van der Waals surface area contributed by atoms with Crippen molar-refractivity contribution in [1.29, 1.82) is 0 Å². The van der Waals surface area contributed by atoms with E-state index in [2.05, 4.69) is 19.9 Å². The Balaban J connectivity index is 2.22. The maximum atomic E-state index is 12.1. The summed E-state index contributed by atoms with van der Waals surface area (Å²) in [7, 11) is -3.38. The van der Waals surface area contributed by atoms with Crippen LogP contribution in [-0.2, 0) is 16.4 Å². The number of hydrogen-bond donors (Lipinski definition) is 3. The fourth-order valence-electron chi connectivity index (χ4n) is 1.64. The molecule has 0 atom stereocenters. The first-order valence-electron chi connectivity index (χ1n) is 5.74. The number of H-pyrrole nitrogens is 1. The zero-order chi connectivity index (χ0) is 13.9. The molecular formula is C10H15N5O2S2. The Hall–Kier alpha value is -1.61. The van der Waals surface area contributed by atoms with Crippen LogP contribution < -0.4 is 11.1 Å². The molecule has 0 saturated heterocycles. The number of aromatic amines is 1. The summed E-state index contributed by atoms with van der Waals surface area (Å²) >= 11 is 1.05. The molecule has 0 radical (unpaired) electrons. The minimum atomic E-state index is -3.38. The van der Waals surface area contributed by atoms with Crippen LogP contribution in [0, 0.1) is 0 Å². The van der Waals surface area contributed by atoms with E-state index in [9.17, 15) is 8.42 Å². The summed E-state index contributed by atoms with van der Waals surface area (Å²) in [6, 6.07) is 1.80. The molecule has 0 fully saturated rings. The third-order valence-electron chi connectivity index (χ3n) is 2.46. The van der Waals surface area contributed by atoms with Crippen LogP contribution in [-0.4, -0.2) is 28.7 Å². The first-order valence-corrected chi connectivity index (χ1v) is 8.17. The fraction of sp³-hybridized carbons (Fsp3) is 0.400. The van der Waals surface area contributed by atoms with Gasteiger partial charge in [-0.05, 0) is 24.0 Å². The number of rotatable bonds is 6. The van der Waals surface area contributed by atoms with E-state index in [4.69, 9.17) is 5.73 Å². The second kappa shape index (κ2) is 5.57. The smallest absolute Gasteiger partial charge is 0.185 e. The van der Waals surface area contributed by atoms with Gasteiger partial charge in [-0.2, -0.15) is 9.47 Å². The van der Waals surface area contributed by atoms with Gasteiger partial charge in [0.05, 0.1) is 18.0 Å². The van der Waals surface area contributed by atoms with Crippen molar-refractivity contribution in [1.82, 2.24) is 14.6 Å². The molecule has 4 N–H and O–H groups in total. The molecular weight excluding hydrogens is 286 g/mol. The molecule has 0 saturated carbocycles. The molecule has 0 unspecified atom stereocenters.